The molecule has 0 aromatic carbocycles. The molecular weight excluding hydrogens is 172 g/mol. The summed E-state index contributed by atoms with van der Waals surface area (Å²) in [6.07, 6.45) is 8.89. The molecule has 0 bridgehead atoms. The molecule has 2 nitrogen and oxygen atoms in total. The van der Waals surface area contributed by atoms with Gasteiger partial charge in [-0.3, -0.25) is 4.98 Å². The summed E-state index contributed by atoms with van der Waals surface area (Å²) < 4.78 is 0. The maximum atomic E-state index is 6.40. The van der Waals surface area contributed by atoms with Crippen LogP contribution in [0.15, 0.2) is 24.5 Å². The fourth-order valence-corrected chi connectivity index (χ4v) is 2.44. The average molecular weight is 190 g/mol. The zero-order valence-electron chi connectivity index (χ0n) is 8.74. The van der Waals surface area contributed by atoms with E-state index in [1.54, 1.807) is 6.20 Å². The van der Waals surface area contributed by atoms with Crippen molar-refractivity contribution in [3.8, 4) is 0 Å². The van der Waals surface area contributed by atoms with Crippen LogP contribution in [0, 0.1) is 5.92 Å². The normalized spacial score (nSPS) is 22.1. The number of nitrogens with two attached hydrogens (primary N) is 1. The van der Waals surface area contributed by atoms with Crippen LogP contribution in [0.3, 0.4) is 0 Å². The summed E-state index contributed by atoms with van der Waals surface area (Å²) in [7, 11) is 0. The Labute approximate surface area is 85.5 Å². The highest BCUT2D eigenvalue weighted by molar-refractivity contribution is 5.20. The molecule has 0 saturated heterocycles. The van der Waals surface area contributed by atoms with Gasteiger partial charge in [0, 0.05) is 17.9 Å². The molecule has 1 heterocycles. The van der Waals surface area contributed by atoms with Crippen LogP contribution in [0.1, 0.15) is 38.2 Å². The van der Waals surface area contributed by atoms with Crippen molar-refractivity contribution in [1.82, 2.24) is 4.98 Å². The second-order valence-electron chi connectivity index (χ2n) is 4.51. The Morgan fingerprint density at radius 3 is 2.71 bits per heavy atom. The molecule has 1 aliphatic carbocycles. The first kappa shape index (κ1) is 9.66. The van der Waals surface area contributed by atoms with Crippen LogP contribution in [0.2, 0.25) is 0 Å². The number of nitrogens with zero attached hydrogens (tertiary/aromatic N) is 1. The van der Waals surface area contributed by atoms with Crippen molar-refractivity contribution in [1.29, 1.82) is 0 Å². The molecule has 1 atom stereocenters. The predicted octanol–water partition coefficient (Wildman–Crippen LogP) is 2.45. The predicted molar refractivity (Wildman–Crippen MR) is 57.7 cm³/mol. The van der Waals surface area contributed by atoms with Gasteiger partial charge in [-0.25, -0.2) is 0 Å². The van der Waals surface area contributed by atoms with Crippen LogP contribution < -0.4 is 5.73 Å². The lowest BCUT2D eigenvalue weighted by molar-refractivity contribution is 0.306. The van der Waals surface area contributed by atoms with Crippen LogP contribution in [0.5, 0.6) is 0 Å². The van der Waals surface area contributed by atoms with E-state index in [1.165, 1.54) is 31.2 Å². The highest BCUT2D eigenvalue weighted by atomic mass is 14.8. The number of aromatic nitrogens is 1. The lowest BCUT2D eigenvalue weighted by atomic mass is 9.80. The molecule has 0 aliphatic heterocycles. The molecule has 1 aliphatic rings. The minimum Gasteiger partial charge on any atom is -0.321 e. The zero-order valence-corrected chi connectivity index (χ0v) is 8.74. The third kappa shape index (κ3) is 1.67. The largest absolute Gasteiger partial charge is 0.321 e. The molecule has 2 rings (SSSR count). The summed E-state index contributed by atoms with van der Waals surface area (Å²) in [5.74, 6) is 0.631. The Hall–Kier alpha value is -0.890. The van der Waals surface area contributed by atoms with Crippen LogP contribution in [0.25, 0.3) is 0 Å². The van der Waals surface area contributed by atoms with Gasteiger partial charge in [-0.1, -0.05) is 18.9 Å². The van der Waals surface area contributed by atoms with Gasteiger partial charge in [0.2, 0.25) is 0 Å². The first-order chi connectivity index (χ1) is 6.71. The molecule has 0 spiro atoms. The number of pyridine rings is 1. The third-order valence-corrected chi connectivity index (χ3v) is 3.49. The highest BCUT2D eigenvalue weighted by Crippen LogP contribution is 2.37. The lowest BCUT2D eigenvalue weighted by Crippen LogP contribution is -2.40. The van der Waals surface area contributed by atoms with Crippen LogP contribution >= 0.6 is 0 Å². The van der Waals surface area contributed by atoms with E-state index < -0.39 is 0 Å². The summed E-state index contributed by atoms with van der Waals surface area (Å²) in [5.41, 5.74) is 7.39. The number of rotatable bonds is 2. The van der Waals surface area contributed by atoms with E-state index in [2.05, 4.69) is 18.0 Å². The van der Waals surface area contributed by atoms with E-state index in [4.69, 9.17) is 5.73 Å². The van der Waals surface area contributed by atoms with Crippen LogP contribution in [-0.2, 0) is 5.54 Å². The van der Waals surface area contributed by atoms with Gasteiger partial charge in [0.25, 0.3) is 0 Å². The first-order valence-corrected chi connectivity index (χ1v) is 5.40. The van der Waals surface area contributed by atoms with Crippen LogP contribution in [0.4, 0.5) is 0 Å². The molecule has 1 aromatic rings. The summed E-state index contributed by atoms with van der Waals surface area (Å²) in [4.78, 5) is 4.14. The Bertz CT molecular complexity index is 286. The lowest BCUT2D eigenvalue weighted by Gasteiger charge is -2.31. The number of hydrogen-bond acceptors (Lipinski definition) is 2. The monoisotopic (exact) mass is 190 g/mol. The molecule has 0 radical (unpaired) electrons. The number of hydrogen-bond donors (Lipinski definition) is 1. The van der Waals surface area contributed by atoms with E-state index in [1.807, 2.05) is 12.3 Å². The average Bonchev–Trinajstić information content (AvgIpc) is 2.72. The fourth-order valence-electron chi connectivity index (χ4n) is 2.44. The van der Waals surface area contributed by atoms with Crippen molar-refractivity contribution in [2.45, 2.75) is 38.1 Å². The van der Waals surface area contributed by atoms with Gasteiger partial charge in [0.05, 0.1) is 0 Å². The van der Waals surface area contributed by atoms with E-state index >= 15 is 0 Å². The molecule has 1 saturated carbocycles. The standard InChI is InChI=1S/C12H18N2/c1-12(13,10-5-2-3-6-10)11-7-4-8-14-9-11/h4,7-10H,2-3,5-6,13H2,1H3. The third-order valence-electron chi connectivity index (χ3n) is 3.49. The minimum atomic E-state index is -0.190. The van der Waals surface area contributed by atoms with E-state index in [9.17, 15) is 0 Å². The van der Waals surface area contributed by atoms with Crippen molar-refractivity contribution < 1.29 is 0 Å². The van der Waals surface area contributed by atoms with E-state index in [0.29, 0.717) is 5.92 Å². The Morgan fingerprint density at radius 1 is 1.43 bits per heavy atom. The van der Waals surface area contributed by atoms with Crippen molar-refractivity contribution in [3.05, 3.63) is 30.1 Å². The van der Waals surface area contributed by atoms with Gasteiger partial charge in [-0.15, -0.1) is 0 Å². The van der Waals surface area contributed by atoms with Gasteiger partial charge < -0.3 is 5.73 Å². The molecule has 2 N–H and O–H groups in total. The van der Waals surface area contributed by atoms with Crippen molar-refractivity contribution in [2.24, 2.45) is 11.7 Å². The van der Waals surface area contributed by atoms with Crippen molar-refractivity contribution >= 4 is 0 Å². The minimum absolute atomic E-state index is 0.190. The molecular formula is C12H18N2. The topological polar surface area (TPSA) is 38.9 Å². The quantitative estimate of drug-likeness (QED) is 0.778. The van der Waals surface area contributed by atoms with Gasteiger partial charge >= 0.3 is 0 Å². The molecule has 1 aromatic heterocycles. The maximum absolute atomic E-state index is 6.40. The van der Waals surface area contributed by atoms with Gasteiger partial charge in [-0.05, 0) is 37.3 Å². The molecule has 1 fully saturated rings. The molecule has 1 unspecified atom stereocenters. The molecule has 14 heavy (non-hydrogen) atoms. The molecule has 76 valence electrons. The van der Waals surface area contributed by atoms with E-state index in [0.717, 1.165) is 0 Å². The van der Waals surface area contributed by atoms with E-state index in [-0.39, 0.29) is 5.54 Å². The second kappa shape index (κ2) is 3.70. The second-order valence-corrected chi connectivity index (χ2v) is 4.51. The summed E-state index contributed by atoms with van der Waals surface area (Å²) >= 11 is 0. The first-order valence-electron chi connectivity index (χ1n) is 5.40. The molecule has 2 heteroatoms. The Balaban J connectivity index is 2.22. The Morgan fingerprint density at radius 2 is 2.14 bits per heavy atom. The maximum Gasteiger partial charge on any atom is 0.0424 e. The van der Waals surface area contributed by atoms with Crippen molar-refractivity contribution in [2.75, 3.05) is 0 Å². The molecule has 0 amide bonds. The SMILES string of the molecule is CC(N)(c1cccnc1)C1CCCC1. The van der Waals surface area contributed by atoms with Crippen molar-refractivity contribution in [3.63, 3.8) is 0 Å². The zero-order chi connectivity index (χ0) is 10.0. The summed E-state index contributed by atoms with van der Waals surface area (Å²) in [5, 5.41) is 0. The highest BCUT2D eigenvalue weighted by Gasteiger charge is 2.33. The van der Waals surface area contributed by atoms with Gasteiger partial charge in [0.1, 0.15) is 0 Å². The smallest absolute Gasteiger partial charge is 0.0424 e. The summed E-state index contributed by atoms with van der Waals surface area (Å²) in [6.45, 7) is 2.14. The summed E-state index contributed by atoms with van der Waals surface area (Å²) in [6, 6.07) is 4.06. The van der Waals surface area contributed by atoms with Gasteiger partial charge in [-0.2, -0.15) is 0 Å². The fraction of sp³-hybridized carbons (Fsp3) is 0.583. The van der Waals surface area contributed by atoms with Crippen LogP contribution in [-0.4, -0.2) is 4.98 Å². The Kier molecular flexibility index (Phi) is 2.55. The van der Waals surface area contributed by atoms with Gasteiger partial charge in [0.15, 0.2) is 0 Å².